The van der Waals surface area contributed by atoms with Crippen LogP contribution in [0.5, 0.6) is 0 Å². The zero-order valence-electron chi connectivity index (χ0n) is 13.3. The number of allylic oxidation sites excluding steroid dienone is 1. The second-order valence-electron chi connectivity index (χ2n) is 3.09. The topological polar surface area (TPSA) is 30.2 Å². The molecule has 1 heterocycles. The van der Waals surface area contributed by atoms with E-state index in [4.69, 9.17) is 4.42 Å². The van der Waals surface area contributed by atoms with Crippen LogP contribution in [-0.2, 0) is 0 Å². The SMILES string of the molecule is C=C/C=c1/c(=O)c(C=C)c(C=C)o/c1=C/C.CC.CC. The minimum absolute atomic E-state index is 0.121. The van der Waals surface area contributed by atoms with E-state index in [0.717, 1.165) is 0 Å². The standard InChI is InChI=1S/C14H14O2.2C2H6/c1-5-9-11-13(8-4)16-12(7-3)10(6-2)14(11)15;2*1-2/h5-9H,1-3H2,4H3;2*1-2H3/b11-9+,13-8+;;. The lowest BCUT2D eigenvalue weighted by atomic mass is 10.1. The predicted octanol–water partition coefficient (Wildman–Crippen LogP) is 3.75. The molecule has 2 heteroatoms. The van der Waals surface area contributed by atoms with Crippen molar-refractivity contribution < 1.29 is 4.42 Å². The van der Waals surface area contributed by atoms with Gasteiger partial charge in [0, 0.05) is 0 Å². The Balaban J connectivity index is 0. The van der Waals surface area contributed by atoms with Crippen LogP contribution in [0.4, 0.5) is 0 Å². The molecule has 0 bridgehead atoms. The molecule has 0 aliphatic rings. The van der Waals surface area contributed by atoms with Crippen molar-refractivity contribution in [1.29, 1.82) is 0 Å². The van der Waals surface area contributed by atoms with Crippen molar-refractivity contribution in [2.45, 2.75) is 34.6 Å². The van der Waals surface area contributed by atoms with Crippen molar-refractivity contribution in [2.24, 2.45) is 0 Å². The van der Waals surface area contributed by atoms with Gasteiger partial charge in [-0.15, -0.1) is 0 Å². The van der Waals surface area contributed by atoms with Crippen molar-refractivity contribution >= 4 is 24.3 Å². The van der Waals surface area contributed by atoms with Crippen LogP contribution < -0.4 is 16.1 Å². The molecule has 20 heavy (non-hydrogen) atoms. The van der Waals surface area contributed by atoms with Gasteiger partial charge in [-0.05, 0) is 25.2 Å². The fraction of sp³-hybridized carbons (Fsp3) is 0.278. The number of hydrogen-bond acceptors (Lipinski definition) is 2. The summed E-state index contributed by atoms with van der Waals surface area (Å²) in [4.78, 5) is 12.1. The van der Waals surface area contributed by atoms with Gasteiger partial charge in [0.2, 0.25) is 0 Å². The molecular weight excluding hydrogens is 248 g/mol. The molecule has 110 valence electrons. The molecular formula is C18H26O2. The average Bonchev–Trinajstić information content (AvgIpc) is 2.52. The summed E-state index contributed by atoms with van der Waals surface area (Å²) in [7, 11) is 0. The maximum absolute atomic E-state index is 12.1. The molecule has 0 saturated heterocycles. The fourth-order valence-corrected chi connectivity index (χ4v) is 1.43. The first-order valence-electron chi connectivity index (χ1n) is 6.90. The highest BCUT2D eigenvalue weighted by Crippen LogP contribution is 2.02. The van der Waals surface area contributed by atoms with Crippen LogP contribution in [0.15, 0.2) is 35.0 Å². The highest BCUT2D eigenvalue weighted by Gasteiger charge is 2.05. The maximum atomic E-state index is 12.1. The minimum Gasteiger partial charge on any atom is -0.456 e. The molecule has 0 radical (unpaired) electrons. The van der Waals surface area contributed by atoms with Gasteiger partial charge >= 0.3 is 0 Å². The predicted molar refractivity (Wildman–Crippen MR) is 91.9 cm³/mol. The largest absolute Gasteiger partial charge is 0.456 e. The monoisotopic (exact) mass is 274 g/mol. The molecule has 0 unspecified atom stereocenters. The van der Waals surface area contributed by atoms with Crippen molar-refractivity contribution in [3.63, 3.8) is 0 Å². The van der Waals surface area contributed by atoms with Crippen LogP contribution in [0.3, 0.4) is 0 Å². The molecule has 1 aromatic rings. The minimum atomic E-state index is -0.121. The first kappa shape index (κ1) is 20.2. The van der Waals surface area contributed by atoms with Crippen molar-refractivity contribution in [1.82, 2.24) is 0 Å². The Morgan fingerprint density at radius 2 is 1.55 bits per heavy atom. The second kappa shape index (κ2) is 12.0. The van der Waals surface area contributed by atoms with E-state index in [2.05, 4.69) is 19.7 Å². The smallest absolute Gasteiger partial charge is 0.200 e. The quantitative estimate of drug-likeness (QED) is 0.840. The molecule has 0 spiro atoms. The summed E-state index contributed by atoms with van der Waals surface area (Å²) in [5.41, 5.74) is 0.822. The van der Waals surface area contributed by atoms with E-state index in [1.54, 1.807) is 25.2 Å². The molecule has 0 N–H and O–H groups in total. The molecule has 1 aromatic heterocycles. The van der Waals surface area contributed by atoms with Crippen molar-refractivity contribution in [3.05, 3.63) is 58.0 Å². The van der Waals surface area contributed by atoms with Gasteiger partial charge < -0.3 is 4.42 Å². The molecule has 0 amide bonds. The van der Waals surface area contributed by atoms with E-state index in [1.165, 1.54) is 12.2 Å². The molecule has 0 aliphatic carbocycles. The van der Waals surface area contributed by atoms with Crippen LogP contribution >= 0.6 is 0 Å². The molecule has 0 aliphatic heterocycles. The first-order chi connectivity index (χ1) is 9.69. The maximum Gasteiger partial charge on any atom is 0.200 e. The third-order valence-electron chi connectivity index (χ3n) is 2.18. The van der Waals surface area contributed by atoms with E-state index in [-0.39, 0.29) is 5.43 Å². The molecule has 0 fully saturated rings. The lowest BCUT2D eigenvalue weighted by Gasteiger charge is -1.99. The third-order valence-corrected chi connectivity index (χ3v) is 2.18. The highest BCUT2D eigenvalue weighted by atomic mass is 16.3. The lowest BCUT2D eigenvalue weighted by molar-refractivity contribution is 0.496. The fourth-order valence-electron chi connectivity index (χ4n) is 1.43. The molecule has 0 aromatic carbocycles. The summed E-state index contributed by atoms with van der Waals surface area (Å²) in [5, 5.41) is 0.484. The third kappa shape index (κ3) is 4.88. The van der Waals surface area contributed by atoms with Crippen LogP contribution in [0, 0.1) is 0 Å². The highest BCUT2D eigenvalue weighted by molar-refractivity contribution is 5.59. The van der Waals surface area contributed by atoms with Gasteiger partial charge in [-0.1, -0.05) is 59.6 Å². The molecule has 2 nitrogen and oxygen atoms in total. The summed E-state index contributed by atoms with van der Waals surface area (Å²) in [6.07, 6.45) is 7.89. The Morgan fingerprint density at radius 1 is 1.00 bits per heavy atom. The Hall–Kier alpha value is -2.09. The van der Waals surface area contributed by atoms with Crippen molar-refractivity contribution in [2.75, 3.05) is 0 Å². The van der Waals surface area contributed by atoms with Gasteiger partial charge in [-0.25, -0.2) is 0 Å². The normalized spacial score (nSPS) is 10.7. The number of rotatable bonds is 3. The van der Waals surface area contributed by atoms with Gasteiger partial charge in [0.1, 0.15) is 11.2 Å². The van der Waals surface area contributed by atoms with Gasteiger partial charge in [0.25, 0.3) is 0 Å². The van der Waals surface area contributed by atoms with E-state index in [9.17, 15) is 4.79 Å². The average molecular weight is 274 g/mol. The van der Waals surface area contributed by atoms with Gasteiger partial charge in [-0.3, -0.25) is 4.79 Å². The van der Waals surface area contributed by atoms with E-state index in [0.29, 0.717) is 22.0 Å². The van der Waals surface area contributed by atoms with E-state index < -0.39 is 0 Å². The van der Waals surface area contributed by atoms with Gasteiger partial charge in [0.05, 0.1) is 10.8 Å². The van der Waals surface area contributed by atoms with Crippen LogP contribution in [0.1, 0.15) is 45.9 Å². The summed E-state index contributed by atoms with van der Waals surface area (Å²) in [6, 6.07) is 0. The summed E-state index contributed by atoms with van der Waals surface area (Å²) in [6.45, 7) is 20.6. The first-order valence-corrected chi connectivity index (χ1v) is 6.90. The van der Waals surface area contributed by atoms with Crippen molar-refractivity contribution in [3.8, 4) is 0 Å². The molecule has 0 saturated carbocycles. The Bertz CT molecular complexity index is 602. The van der Waals surface area contributed by atoms with Crippen LogP contribution in [0.25, 0.3) is 24.3 Å². The van der Waals surface area contributed by atoms with Crippen LogP contribution in [0.2, 0.25) is 0 Å². The zero-order chi connectivity index (χ0) is 16.1. The zero-order valence-corrected chi connectivity index (χ0v) is 13.3. The summed E-state index contributed by atoms with van der Waals surface area (Å²) >= 11 is 0. The second-order valence-corrected chi connectivity index (χ2v) is 3.09. The number of hydrogen-bond donors (Lipinski definition) is 0. The van der Waals surface area contributed by atoms with Crippen LogP contribution in [-0.4, -0.2) is 0 Å². The lowest BCUT2D eigenvalue weighted by Crippen LogP contribution is -2.40. The van der Waals surface area contributed by atoms with Gasteiger partial charge in [-0.2, -0.15) is 0 Å². The van der Waals surface area contributed by atoms with Gasteiger partial charge in [0.15, 0.2) is 5.43 Å². The summed E-state index contributed by atoms with van der Waals surface area (Å²) < 4.78 is 5.54. The Labute approximate surface area is 122 Å². The molecule has 0 atom stereocenters. The Kier molecular flexibility index (Phi) is 12.1. The van der Waals surface area contributed by atoms with E-state index >= 15 is 0 Å². The Morgan fingerprint density at radius 3 is 1.90 bits per heavy atom. The van der Waals surface area contributed by atoms with E-state index in [1.807, 2.05) is 27.7 Å². The summed E-state index contributed by atoms with van der Waals surface area (Å²) in [5.74, 6) is 0.439. The molecule has 1 rings (SSSR count).